The van der Waals surface area contributed by atoms with Crippen LogP contribution in [0.1, 0.15) is 76.7 Å². The van der Waals surface area contributed by atoms with Crippen molar-refractivity contribution in [3.63, 3.8) is 0 Å². The number of aliphatic hydroxyl groups is 1. The number of hydrogen-bond donors (Lipinski definition) is 3. The molecule has 3 N–H and O–H groups in total. The third-order valence-corrected chi connectivity index (χ3v) is 9.17. The van der Waals surface area contributed by atoms with Crippen LogP contribution in [0.25, 0.3) is 0 Å². The lowest BCUT2D eigenvalue weighted by molar-refractivity contribution is -0.165. The van der Waals surface area contributed by atoms with Crippen LogP contribution in [0.4, 0.5) is 5.69 Å². The van der Waals surface area contributed by atoms with Gasteiger partial charge in [0.1, 0.15) is 11.6 Å². The van der Waals surface area contributed by atoms with Crippen LogP contribution in [0.3, 0.4) is 0 Å². The Morgan fingerprint density at radius 2 is 1.71 bits per heavy atom. The third kappa shape index (κ3) is 6.69. The van der Waals surface area contributed by atoms with Crippen LogP contribution in [0.15, 0.2) is 24.3 Å². The van der Waals surface area contributed by atoms with Crippen LogP contribution in [0.5, 0.6) is 0 Å². The van der Waals surface area contributed by atoms with Gasteiger partial charge in [-0.25, -0.2) is 8.42 Å². The first-order chi connectivity index (χ1) is 18.1. The van der Waals surface area contributed by atoms with E-state index in [1.807, 2.05) is 17.0 Å². The summed E-state index contributed by atoms with van der Waals surface area (Å²) in [5.74, 6) is -0.200. The van der Waals surface area contributed by atoms with Crippen molar-refractivity contribution in [1.82, 2.24) is 15.1 Å². The first-order valence-electron chi connectivity index (χ1n) is 14.2. The molecule has 1 aromatic rings. The van der Waals surface area contributed by atoms with E-state index in [9.17, 15) is 23.1 Å². The molecule has 1 saturated carbocycles. The minimum absolute atomic E-state index is 0.0506. The fraction of sp³-hybridized carbons (Fsp3) is 0.714. The fourth-order valence-electron chi connectivity index (χ4n) is 6.36. The number of benzene rings is 1. The van der Waals surface area contributed by atoms with Gasteiger partial charge in [-0.2, -0.15) is 0 Å². The number of aliphatic hydroxyl groups excluding tert-OH is 1. The SMILES string of the molecule is CCCCN1C(=O)[C@@H]([C@H](O)C2CCCCCC2)NC(=O)C12CCN(Cc1ccc(NS(C)(=O)=O)cc1)CC2. The molecule has 2 atom stereocenters. The molecule has 2 amide bonds. The average Bonchev–Trinajstić information content (AvgIpc) is 3.17. The number of nitrogens with zero attached hydrogens (tertiary/aromatic N) is 2. The number of carbonyl (C=O) groups is 2. The Kier molecular flexibility index (Phi) is 9.36. The summed E-state index contributed by atoms with van der Waals surface area (Å²) in [6, 6.07) is 6.46. The number of rotatable bonds is 9. The monoisotopic (exact) mass is 548 g/mol. The number of piperidine rings is 1. The van der Waals surface area contributed by atoms with E-state index in [2.05, 4.69) is 21.9 Å². The van der Waals surface area contributed by atoms with Crippen molar-refractivity contribution in [1.29, 1.82) is 0 Å². The Morgan fingerprint density at radius 1 is 1.08 bits per heavy atom. The molecule has 0 radical (unpaired) electrons. The highest BCUT2D eigenvalue weighted by atomic mass is 32.2. The second-order valence-electron chi connectivity index (χ2n) is 11.4. The number of nitrogens with one attached hydrogen (secondary N) is 2. The maximum atomic E-state index is 13.8. The smallest absolute Gasteiger partial charge is 0.248 e. The highest BCUT2D eigenvalue weighted by molar-refractivity contribution is 7.92. The first-order valence-corrected chi connectivity index (χ1v) is 16.1. The number of likely N-dealkylation sites (tertiary alicyclic amines) is 1. The second-order valence-corrected chi connectivity index (χ2v) is 13.2. The van der Waals surface area contributed by atoms with Gasteiger partial charge >= 0.3 is 0 Å². The number of piperazine rings is 1. The Morgan fingerprint density at radius 3 is 2.29 bits per heavy atom. The zero-order chi connectivity index (χ0) is 27.3. The van der Waals surface area contributed by atoms with Crippen LogP contribution in [0, 0.1) is 5.92 Å². The lowest BCUT2D eigenvalue weighted by Crippen LogP contribution is -2.75. The highest BCUT2D eigenvalue weighted by Crippen LogP contribution is 2.36. The van der Waals surface area contributed by atoms with E-state index in [1.54, 1.807) is 12.1 Å². The van der Waals surface area contributed by atoms with Gasteiger partial charge in [0.25, 0.3) is 0 Å². The molecule has 1 aromatic carbocycles. The quantitative estimate of drug-likeness (QED) is 0.409. The molecule has 3 aliphatic rings. The average molecular weight is 549 g/mol. The number of anilines is 1. The van der Waals surface area contributed by atoms with Crippen LogP contribution in [-0.2, 0) is 26.2 Å². The van der Waals surface area contributed by atoms with Crippen molar-refractivity contribution in [3.05, 3.63) is 29.8 Å². The third-order valence-electron chi connectivity index (χ3n) is 8.56. The maximum Gasteiger partial charge on any atom is 0.248 e. The molecule has 0 unspecified atom stereocenters. The first kappa shape index (κ1) is 28.8. The highest BCUT2D eigenvalue weighted by Gasteiger charge is 2.55. The van der Waals surface area contributed by atoms with E-state index in [-0.39, 0.29) is 17.7 Å². The minimum atomic E-state index is -3.32. The summed E-state index contributed by atoms with van der Waals surface area (Å²) in [6.07, 6.45) is 9.39. The predicted octanol–water partition coefficient (Wildman–Crippen LogP) is 2.85. The Balaban J connectivity index is 1.43. The lowest BCUT2D eigenvalue weighted by atomic mass is 9.79. The molecular formula is C28H44N4O5S. The molecule has 0 bridgehead atoms. The molecule has 212 valence electrons. The van der Waals surface area contributed by atoms with Crippen LogP contribution < -0.4 is 10.0 Å². The van der Waals surface area contributed by atoms with E-state index in [1.165, 1.54) is 0 Å². The van der Waals surface area contributed by atoms with Gasteiger partial charge in [0, 0.05) is 31.9 Å². The Labute approximate surface area is 227 Å². The molecular weight excluding hydrogens is 504 g/mol. The molecule has 0 aromatic heterocycles. The molecule has 1 spiro atoms. The lowest BCUT2D eigenvalue weighted by Gasteiger charge is -2.52. The van der Waals surface area contributed by atoms with Crippen LogP contribution >= 0.6 is 0 Å². The van der Waals surface area contributed by atoms with Gasteiger partial charge < -0.3 is 15.3 Å². The summed E-state index contributed by atoms with van der Waals surface area (Å²) in [7, 11) is -3.32. The van der Waals surface area contributed by atoms with E-state index < -0.39 is 27.7 Å². The van der Waals surface area contributed by atoms with Crippen molar-refractivity contribution in [3.8, 4) is 0 Å². The van der Waals surface area contributed by atoms with Gasteiger partial charge in [0.2, 0.25) is 21.8 Å². The van der Waals surface area contributed by atoms with Gasteiger partial charge in [-0.3, -0.25) is 19.2 Å². The summed E-state index contributed by atoms with van der Waals surface area (Å²) >= 11 is 0. The molecule has 3 fully saturated rings. The van der Waals surface area contributed by atoms with E-state index >= 15 is 0 Å². The van der Waals surface area contributed by atoms with Gasteiger partial charge in [-0.1, -0.05) is 51.2 Å². The second kappa shape index (κ2) is 12.3. The molecule has 9 nitrogen and oxygen atoms in total. The molecule has 2 saturated heterocycles. The Bertz CT molecular complexity index is 1060. The number of sulfonamides is 1. The molecule has 38 heavy (non-hydrogen) atoms. The van der Waals surface area contributed by atoms with E-state index in [4.69, 9.17) is 0 Å². The summed E-state index contributed by atoms with van der Waals surface area (Å²) in [4.78, 5) is 31.6. The predicted molar refractivity (Wildman–Crippen MR) is 148 cm³/mol. The van der Waals surface area contributed by atoms with Crippen LogP contribution in [-0.4, -0.2) is 78.7 Å². The van der Waals surface area contributed by atoms with Crippen molar-refractivity contribution < 1.29 is 23.1 Å². The minimum Gasteiger partial charge on any atom is -0.390 e. The summed E-state index contributed by atoms with van der Waals surface area (Å²) in [6.45, 7) is 4.64. The Hall–Kier alpha value is -2.17. The molecule has 2 heterocycles. The van der Waals surface area contributed by atoms with Crippen molar-refractivity contribution in [2.24, 2.45) is 5.92 Å². The number of hydrogen-bond acceptors (Lipinski definition) is 6. The molecule has 4 rings (SSSR count). The topological polar surface area (TPSA) is 119 Å². The van der Waals surface area contributed by atoms with Crippen molar-refractivity contribution >= 4 is 27.5 Å². The standard InChI is InChI=1S/C28H44N4O5S/c1-3-4-17-32-26(34)24(25(33)22-9-7-5-6-8-10-22)29-27(35)28(32)15-18-31(19-16-28)20-21-11-13-23(14-12-21)30-38(2,36)37/h11-14,22,24-25,30,33H,3-10,15-20H2,1-2H3,(H,29,35)/t24-,25-/m1/s1. The maximum absolute atomic E-state index is 13.8. The largest absolute Gasteiger partial charge is 0.390 e. The van der Waals surface area contributed by atoms with Gasteiger partial charge in [-0.15, -0.1) is 0 Å². The summed E-state index contributed by atoms with van der Waals surface area (Å²) in [5.41, 5.74) is 0.711. The number of unbranched alkanes of at least 4 members (excludes halogenated alkanes) is 1. The summed E-state index contributed by atoms with van der Waals surface area (Å²) < 4.78 is 25.4. The normalized spacial score (nSPS) is 24.2. The fourth-order valence-corrected chi connectivity index (χ4v) is 6.93. The van der Waals surface area contributed by atoms with Crippen LogP contribution in [0.2, 0.25) is 0 Å². The number of carbonyl (C=O) groups excluding carboxylic acids is 2. The zero-order valence-corrected chi connectivity index (χ0v) is 23.6. The van der Waals surface area contributed by atoms with Crippen molar-refractivity contribution in [2.45, 2.75) is 95.4 Å². The molecule has 1 aliphatic carbocycles. The zero-order valence-electron chi connectivity index (χ0n) is 22.8. The summed E-state index contributed by atoms with van der Waals surface area (Å²) in [5, 5.41) is 14.2. The molecule has 2 aliphatic heterocycles. The van der Waals surface area contributed by atoms with Gasteiger partial charge in [0.05, 0.1) is 12.4 Å². The number of amides is 2. The molecule has 10 heteroatoms. The van der Waals surface area contributed by atoms with E-state index in [0.29, 0.717) is 44.7 Å². The van der Waals surface area contributed by atoms with Crippen molar-refractivity contribution in [2.75, 3.05) is 30.6 Å². The van der Waals surface area contributed by atoms with Gasteiger partial charge in [-0.05, 0) is 55.7 Å². The van der Waals surface area contributed by atoms with Gasteiger partial charge in [0.15, 0.2) is 0 Å². The van der Waals surface area contributed by atoms with E-state index in [0.717, 1.165) is 63.2 Å².